The van der Waals surface area contributed by atoms with Crippen LogP contribution in [0.5, 0.6) is 11.5 Å². The zero-order valence-electron chi connectivity index (χ0n) is 18.3. The summed E-state index contributed by atoms with van der Waals surface area (Å²) >= 11 is 0. The van der Waals surface area contributed by atoms with Crippen LogP contribution in [0.15, 0.2) is 114 Å². The number of fused-ring (bicyclic) bond motifs is 1. The second kappa shape index (κ2) is 9.05. The summed E-state index contributed by atoms with van der Waals surface area (Å²) in [6.07, 6.45) is 0. The second-order valence-corrected chi connectivity index (χ2v) is 7.75. The van der Waals surface area contributed by atoms with Gasteiger partial charge in [0.25, 0.3) is 0 Å². The van der Waals surface area contributed by atoms with Gasteiger partial charge in [-0.05, 0) is 53.6 Å². The van der Waals surface area contributed by atoms with Crippen LogP contribution in [0.4, 0.5) is 0 Å². The van der Waals surface area contributed by atoms with Gasteiger partial charge in [-0.25, -0.2) is 0 Å². The van der Waals surface area contributed by atoms with E-state index in [9.17, 15) is 4.79 Å². The van der Waals surface area contributed by atoms with Gasteiger partial charge in [-0.3, -0.25) is 4.79 Å². The normalized spacial score (nSPS) is 10.8. The topological polar surface area (TPSA) is 40.5 Å². The van der Waals surface area contributed by atoms with Crippen LogP contribution in [0.1, 0.15) is 5.56 Å². The molecule has 0 aliphatic heterocycles. The molecule has 0 atom stereocenters. The van der Waals surface area contributed by atoms with Gasteiger partial charge in [-0.1, -0.05) is 60.7 Å². The van der Waals surface area contributed by atoms with Crippen molar-refractivity contribution >= 4 is 10.9 Å². The SMILES string of the molecule is COc1ccc2c(c1)c(=O)cc(-c1ccccc1)n2-c1ccc(OCc2ccccc2)cc1. The Kier molecular flexibility index (Phi) is 5.64. The number of nitrogens with zero attached hydrogens (tertiary/aromatic N) is 1. The highest BCUT2D eigenvalue weighted by molar-refractivity contribution is 5.86. The third-order valence-electron chi connectivity index (χ3n) is 5.63. The van der Waals surface area contributed by atoms with Crippen molar-refractivity contribution in [3.63, 3.8) is 0 Å². The number of hydrogen-bond donors (Lipinski definition) is 0. The molecule has 0 aliphatic carbocycles. The van der Waals surface area contributed by atoms with E-state index in [-0.39, 0.29) is 5.43 Å². The summed E-state index contributed by atoms with van der Waals surface area (Å²) in [5, 5.41) is 0.610. The van der Waals surface area contributed by atoms with Crippen LogP contribution >= 0.6 is 0 Å². The van der Waals surface area contributed by atoms with E-state index in [1.165, 1.54) is 0 Å². The number of hydrogen-bond acceptors (Lipinski definition) is 3. The standard InChI is InChI=1S/C29H23NO3/c1-32-25-16-17-27-26(18-25)29(31)19-28(22-10-6-3-7-11-22)30(27)23-12-14-24(15-13-23)33-20-21-8-4-2-5-9-21/h2-19H,20H2,1H3. The number of pyridine rings is 1. The molecule has 1 aromatic heterocycles. The van der Waals surface area contributed by atoms with E-state index in [0.717, 1.165) is 33.8 Å². The maximum Gasteiger partial charge on any atom is 0.190 e. The maximum absolute atomic E-state index is 13.0. The number of aromatic nitrogens is 1. The van der Waals surface area contributed by atoms with Crippen molar-refractivity contribution < 1.29 is 9.47 Å². The van der Waals surface area contributed by atoms with Crippen LogP contribution in [-0.4, -0.2) is 11.7 Å². The maximum atomic E-state index is 13.0. The second-order valence-electron chi connectivity index (χ2n) is 7.75. The van der Waals surface area contributed by atoms with Crippen LogP contribution < -0.4 is 14.9 Å². The monoisotopic (exact) mass is 433 g/mol. The first-order chi connectivity index (χ1) is 16.2. The largest absolute Gasteiger partial charge is 0.497 e. The Hall–Kier alpha value is -4.31. The van der Waals surface area contributed by atoms with Gasteiger partial charge in [-0.15, -0.1) is 0 Å². The number of methoxy groups -OCH3 is 1. The van der Waals surface area contributed by atoms with Gasteiger partial charge in [0.05, 0.1) is 18.3 Å². The average molecular weight is 434 g/mol. The molecule has 0 N–H and O–H groups in total. The van der Waals surface area contributed by atoms with Crippen LogP contribution in [0, 0.1) is 0 Å². The summed E-state index contributed by atoms with van der Waals surface area (Å²) in [6, 6.07) is 35.3. The Morgan fingerprint density at radius 1 is 0.727 bits per heavy atom. The average Bonchev–Trinajstić information content (AvgIpc) is 2.89. The molecule has 1 heterocycles. The molecular formula is C29H23NO3. The van der Waals surface area contributed by atoms with Gasteiger partial charge >= 0.3 is 0 Å². The summed E-state index contributed by atoms with van der Waals surface area (Å²) in [6.45, 7) is 0.510. The Labute approximate surface area is 192 Å². The zero-order valence-corrected chi connectivity index (χ0v) is 18.3. The van der Waals surface area contributed by atoms with E-state index < -0.39 is 0 Å². The molecule has 4 heteroatoms. The molecular weight excluding hydrogens is 410 g/mol. The molecule has 0 unspecified atom stereocenters. The highest BCUT2D eigenvalue weighted by atomic mass is 16.5. The third-order valence-corrected chi connectivity index (χ3v) is 5.63. The molecule has 0 saturated heterocycles. The van der Waals surface area contributed by atoms with E-state index in [0.29, 0.717) is 17.7 Å². The van der Waals surface area contributed by atoms with Gasteiger partial charge < -0.3 is 14.0 Å². The van der Waals surface area contributed by atoms with E-state index >= 15 is 0 Å². The quantitative estimate of drug-likeness (QED) is 0.318. The fourth-order valence-electron chi connectivity index (χ4n) is 3.96. The minimum atomic E-state index is -0.0400. The van der Waals surface area contributed by atoms with Gasteiger partial charge in [0.2, 0.25) is 0 Å². The van der Waals surface area contributed by atoms with Crippen molar-refractivity contribution in [2.45, 2.75) is 6.61 Å². The minimum absolute atomic E-state index is 0.0400. The zero-order chi connectivity index (χ0) is 22.6. The first-order valence-corrected chi connectivity index (χ1v) is 10.8. The van der Waals surface area contributed by atoms with Crippen molar-refractivity contribution in [2.75, 3.05) is 7.11 Å². The lowest BCUT2D eigenvalue weighted by Gasteiger charge is -2.18. The predicted octanol–water partition coefficient (Wildman–Crippen LogP) is 6.25. The summed E-state index contributed by atoms with van der Waals surface area (Å²) < 4.78 is 13.4. The number of ether oxygens (including phenoxy) is 2. The lowest BCUT2D eigenvalue weighted by molar-refractivity contribution is 0.306. The molecule has 0 amide bonds. The molecule has 0 spiro atoms. The highest BCUT2D eigenvalue weighted by Crippen LogP contribution is 2.29. The number of benzene rings is 4. The van der Waals surface area contributed by atoms with Crippen LogP contribution in [-0.2, 0) is 6.61 Å². The molecule has 0 saturated carbocycles. The van der Waals surface area contributed by atoms with Crippen LogP contribution in [0.25, 0.3) is 27.8 Å². The van der Waals surface area contributed by atoms with E-state index in [1.54, 1.807) is 19.2 Å². The fraction of sp³-hybridized carbons (Fsp3) is 0.0690. The predicted molar refractivity (Wildman–Crippen MR) is 132 cm³/mol. The molecule has 33 heavy (non-hydrogen) atoms. The Balaban J connectivity index is 1.60. The highest BCUT2D eigenvalue weighted by Gasteiger charge is 2.13. The minimum Gasteiger partial charge on any atom is -0.497 e. The molecule has 4 aromatic carbocycles. The molecule has 0 aliphatic rings. The lowest BCUT2D eigenvalue weighted by Crippen LogP contribution is -2.11. The van der Waals surface area contributed by atoms with Crippen molar-refractivity contribution in [1.82, 2.24) is 4.57 Å². The summed E-state index contributed by atoms with van der Waals surface area (Å²) in [4.78, 5) is 13.0. The molecule has 0 bridgehead atoms. The van der Waals surface area contributed by atoms with E-state index in [1.807, 2.05) is 97.1 Å². The molecule has 162 valence electrons. The van der Waals surface area contributed by atoms with Gasteiger partial charge in [0, 0.05) is 17.1 Å². The number of rotatable bonds is 6. The van der Waals surface area contributed by atoms with Crippen molar-refractivity contribution in [3.05, 3.63) is 125 Å². The van der Waals surface area contributed by atoms with Gasteiger partial charge in [-0.2, -0.15) is 0 Å². The first-order valence-electron chi connectivity index (χ1n) is 10.8. The van der Waals surface area contributed by atoms with E-state index in [4.69, 9.17) is 9.47 Å². The summed E-state index contributed by atoms with van der Waals surface area (Å²) in [5.41, 5.74) is 4.64. The van der Waals surface area contributed by atoms with Gasteiger partial charge in [0.1, 0.15) is 18.1 Å². The first kappa shape index (κ1) is 20.6. The molecule has 0 fully saturated rings. The van der Waals surface area contributed by atoms with Crippen LogP contribution in [0.2, 0.25) is 0 Å². The molecule has 5 aromatic rings. The molecule has 4 nitrogen and oxygen atoms in total. The third kappa shape index (κ3) is 4.23. The Morgan fingerprint density at radius 3 is 2.09 bits per heavy atom. The Bertz CT molecular complexity index is 1440. The van der Waals surface area contributed by atoms with Crippen molar-refractivity contribution in [3.8, 4) is 28.4 Å². The smallest absolute Gasteiger partial charge is 0.190 e. The van der Waals surface area contributed by atoms with Crippen molar-refractivity contribution in [2.24, 2.45) is 0 Å². The van der Waals surface area contributed by atoms with Crippen molar-refractivity contribution in [1.29, 1.82) is 0 Å². The van der Waals surface area contributed by atoms with E-state index in [2.05, 4.69) is 4.57 Å². The lowest BCUT2D eigenvalue weighted by atomic mass is 10.1. The van der Waals surface area contributed by atoms with Gasteiger partial charge in [0.15, 0.2) is 5.43 Å². The summed E-state index contributed by atoms with van der Waals surface area (Å²) in [7, 11) is 1.60. The molecule has 5 rings (SSSR count). The fourth-order valence-corrected chi connectivity index (χ4v) is 3.96. The molecule has 0 radical (unpaired) electrons. The van der Waals surface area contributed by atoms with Crippen LogP contribution in [0.3, 0.4) is 0 Å². The Morgan fingerprint density at radius 2 is 1.39 bits per heavy atom. The summed E-state index contributed by atoms with van der Waals surface area (Å²) in [5.74, 6) is 1.44.